The molecule has 21 heavy (non-hydrogen) atoms. The zero-order valence-corrected chi connectivity index (χ0v) is 12.8. The molecule has 0 aromatic heterocycles. The van der Waals surface area contributed by atoms with Crippen LogP contribution in [0.1, 0.15) is 25.8 Å². The number of imide groups is 1. The van der Waals surface area contributed by atoms with Gasteiger partial charge in [-0.05, 0) is 18.6 Å². The van der Waals surface area contributed by atoms with E-state index in [1.165, 1.54) is 9.80 Å². The van der Waals surface area contributed by atoms with Crippen LogP contribution in [0.25, 0.3) is 0 Å². The number of rotatable bonds is 3. The van der Waals surface area contributed by atoms with Crippen LogP contribution < -0.4 is 4.90 Å². The van der Waals surface area contributed by atoms with Gasteiger partial charge in [0.25, 0.3) is 5.91 Å². The summed E-state index contributed by atoms with van der Waals surface area (Å²) in [5.74, 6) is -0.924. The highest BCUT2D eigenvalue weighted by atomic mass is 16.2. The predicted octanol–water partition coefficient (Wildman–Crippen LogP) is 1.74. The van der Waals surface area contributed by atoms with Crippen LogP contribution in [0.2, 0.25) is 0 Å². The lowest BCUT2D eigenvalue weighted by Gasteiger charge is -2.25. The Kier molecular flexibility index (Phi) is 4.11. The molecule has 0 N–H and O–H groups in total. The molecular weight excluding hydrogens is 268 g/mol. The van der Waals surface area contributed by atoms with Crippen molar-refractivity contribution in [3.05, 3.63) is 29.8 Å². The molecule has 1 aromatic carbocycles. The van der Waals surface area contributed by atoms with Gasteiger partial charge in [-0.15, -0.1) is 0 Å². The Morgan fingerprint density at radius 3 is 2.48 bits per heavy atom. The first-order valence-corrected chi connectivity index (χ1v) is 7.03. The lowest BCUT2D eigenvalue weighted by molar-refractivity contribution is -0.139. The molecule has 1 aromatic rings. The van der Waals surface area contributed by atoms with Crippen LogP contribution in [0.4, 0.5) is 5.69 Å². The van der Waals surface area contributed by atoms with Crippen LogP contribution >= 0.6 is 0 Å². The summed E-state index contributed by atoms with van der Waals surface area (Å²) in [6.07, 6.45) is 0.0438. The van der Waals surface area contributed by atoms with Gasteiger partial charge in [-0.1, -0.05) is 32.0 Å². The third-order valence-electron chi connectivity index (χ3n) is 3.79. The zero-order valence-electron chi connectivity index (χ0n) is 12.8. The van der Waals surface area contributed by atoms with E-state index in [1.807, 2.05) is 19.1 Å². The molecule has 1 heterocycles. The zero-order chi connectivity index (χ0) is 15.7. The van der Waals surface area contributed by atoms with Gasteiger partial charge in [0.1, 0.15) is 6.04 Å². The highest BCUT2D eigenvalue weighted by Gasteiger charge is 2.43. The average Bonchev–Trinajstić information content (AvgIpc) is 2.73. The van der Waals surface area contributed by atoms with Gasteiger partial charge < -0.3 is 4.90 Å². The van der Waals surface area contributed by atoms with Crippen LogP contribution in [-0.4, -0.2) is 35.7 Å². The van der Waals surface area contributed by atoms with E-state index in [0.29, 0.717) is 5.69 Å². The molecule has 0 spiro atoms. The molecule has 1 aliphatic heterocycles. The van der Waals surface area contributed by atoms with Crippen molar-refractivity contribution in [1.82, 2.24) is 4.90 Å². The number of nitrogens with zero attached hydrogens (tertiary/aromatic N) is 2. The van der Waals surface area contributed by atoms with Gasteiger partial charge in [-0.25, -0.2) is 4.90 Å². The quantitative estimate of drug-likeness (QED) is 0.796. The summed E-state index contributed by atoms with van der Waals surface area (Å²) >= 11 is 0. The minimum absolute atomic E-state index is 0.0438. The average molecular weight is 288 g/mol. The number of para-hydroxylation sites is 1. The molecule has 0 saturated carbocycles. The molecule has 112 valence electrons. The van der Waals surface area contributed by atoms with E-state index in [4.69, 9.17) is 0 Å². The summed E-state index contributed by atoms with van der Waals surface area (Å²) in [5, 5.41) is 0. The van der Waals surface area contributed by atoms with Gasteiger partial charge in [-0.2, -0.15) is 0 Å². The number of carbonyl (C=O) groups excluding carboxylic acids is 3. The summed E-state index contributed by atoms with van der Waals surface area (Å²) in [6.45, 7) is 5.41. The molecule has 1 atom stereocenters. The lowest BCUT2D eigenvalue weighted by atomic mass is 10.1. The number of likely N-dealkylation sites (N-methyl/N-ethyl adjacent to an activating group) is 1. The van der Waals surface area contributed by atoms with Gasteiger partial charge in [0, 0.05) is 13.0 Å². The van der Waals surface area contributed by atoms with Crippen molar-refractivity contribution in [1.29, 1.82) is 0 Å². The Bertz CT molecular complexity index is 595. The summed E-state index contributed by atoms with van der Waals surface area (Å²) in [4.78, 5) is 39.4. The second-order valence-corrected chi connectivity index (χ2v) is 5.68. The maximum absolute atomic E-state index is 12.5. The Balaban J connectivity index is 2.29. The van der Waals surface area contributed by atoms with Gasteiger partial charge >= 0.3 is 0 Å². The van der Waals surface area contributed by atoms with Crippen molar-refractivity contribution in [2.75, 3.05) is 11.9 Å². The second-order valence-electron chi connectivity index (χ2n) is 5.68. The molecule has 0 radical (unpaired) electrons. The van der Waals surface area contributed by atoms with Gasteiger partial charge in [0.15, 0.2) is 0 Å². The first kappa shape index (κ1) is 15.2. The number of benzene rings is 1. The summed E-state index contributed by atoms with van der Waals surface area (Å²) in [5.41, 5.74) is 1.46. The molecule has 3 amide bonds. The number of hydrogen-bond donors (Lipinski definition) is 0. The third kappa shape index (κ3) is 2.68. The topological polar surface area (TPSA) is 57.7 Å². The van der Waals surface area contributed by atoms with Crippen molar-refractivity contribution in [2.24, 2.45) is 5.92 Å². The smallest absolute Gasteiger partial charge is 0.257 e. The molecule has 0 aliphatic carbocycles. The first-order chi connectivity index (χ1) is 9.84. The largest absolute Gasteiger partial charge is 0.333 e. The van der Waals surface area contributed by atoms with Crippen LogP contribution in [0.15, 0.2) is 24.3 Å². The first-order valence-electron chi connectivity index (χ1n) is 7.03. The predicted molar refractivity (Wildman–Crippen MR) is 79.7 cm³/mol. The van der Waals surface area contributed by atoms with Crippen molar-refractivity contribution in [3.63, 3.8) is 0 Å². The molecular formula is C16H20N2O3. The standard InChI is InChI=1S/C16H20N2O3/c1-10(2)15(20)17(4)13-9-14(19)18(16(13)21)12-8-6-5-7-11(12)3/h5-8,10,13H,9H2,1-4H3. The van der Waals surface area contributed by atoms with Crippen LogP contribution in [0.5, 0.6) is 0 Å². The van der Waals surface area contributed by atoms with Crippen LogP contribution in [0.3, 0.4) is 0 Å². The SMILES string of the molecule is Cc1ccccc1N1C(=O)CC(N(C)C(=O)C(C)C)C1=O. The number of amides is 3. The highest BCUT2D eigenvalue weighted by Crippen LogP contribution is 2.28. The highest BCUT2D eigenvalue weighted by molar-refractivity contribution is 6.23. The molecule has 1 saturated heterocycles. The Morgan fingerprint density at radius 2 is 1.90 bits per heavy atom. The minimum atomic E-state index is -0.702. The number of hydrogen-bond acceptors (Lipinski definition) is 3. The summed E-state index contributed by atoms with van der Waals surface area (Å²) in [7, 11) is 1.58. The molecule has 5 heteroatoms. The fraction of sp³-hybridized carbons (Fsp3) is 0.438. The van der Waals surface area contributed by atoms with E-state index in [9.17, 15) is 14.4 Å². The Labute approximate surface area is 124 Å². The molecule has 1 unspecified atom stereocenters. The number of aryl methyl sites for hydroxylation is 1. The third-order valence-corrected chi connectivity index (χ3v) is 3.79. The molecule has 0 bridgehead atoms. The van der Waals surface area contributed by atoms with Crippen LogP contribution in [-0.2, 0) is 14.4 Å². The maximum atomic E-state index is 12.5. The van der Waals surface area contributed by atoms with Crippen molar-refractivity contribution >= 4 is 23.4 Å². The fourth-order valence-corrected chi connectivity index (χ4v) is 2.55. The van der Waals surface area contributed by atoms with E-state index < -0.39 is 6.04 Å². The summed E-state index contributed by atoms with van der Waals surface area (Å²) < 4.78 is 0. The summed E-state index contributed by atoms with van der Waals surface area (Å²) in [6, 6.07) is 6.55. The van der Waals surface area contributed by atoms with E-state index in [1.54, 1.807) is 33.0 Å². The van der Waals surface area contributed by atoms with Gasteiger partial charge in [0.2, 0.25) is 11.8 Å². The normalized spacial score (nSPS) is 18.5. The number of carbonyl (C=O) groups is 3. The Morgan fingerprint density at radius 1 is 1.29 bits per heavy atom. The Hall–Kier alpha value is -2.17. The van der Waals surface area contributed by atoms with Gasteiger partial charge in [-0.3, -0.25) is 14.4 Å². The van der Waals surface area contributed by atoms with E-state index in [0.717, 1.165) is 5.56 Å². The van der Waals surface area contributed by atoms with Crippen LogP contribution in [0, 0.1) is 12.8 Å². The number of anilines is 1. The van der Waals surface area contributed by atoms with Crippen molar-refractivity contribution < 1.29 is 14.4 Å². The van der Waals surface area contributed by atoms with E-state index in [2.05, 4.69) is 0 Å². The van der Waals surface area contributed by atoms with E-state index >= 15 is 0 Å². The maximum Gasteiger partial charge on any atom is 0.257 e. The second kappa shape index (κ2) is 5.68. The molecule has 2 rings (SSSR count). The minimum Gasteiger partial charge on any atom is -0.333 e. The molecule has 5 nitrogen and oxygen atoms in total. The monoisotopic (exact) mass is 288 g/mol. The molecule has 1 fully saturated rings. The van der Waals surface area contributed by atoms with Gasteiger partial charge in [0.05, 0.1) is 12.1 Å². The van der Waals surface area contributed by atoms with E-state index in [-0.39, 0.29) is 30.1 Å². The van der Waals surface area contributed by atoms with Crippen molar-refractivity contribution in [2.45, 2.75) is 33.2 Å². The molecule has 1 aliphatic rings. The fourth-order valence-electron chi connectivity index (χ4n) is 2.55. The lowest BCUT2D eigenvalue weighted by Crippen LogP contribution is -2.44. The van der Waals surface area contributed by atoms with Crippen molar-refractivity contribution in [3.8, 4) is 0 Å².